The lowest BCUT2D eigenvalue weighted by Gasteiger charge is -2.41. The van der Waals surface area contributed by atoms with Gasteiger partial charge in [-0.2, -0.15) is 4.98 Å². The molecule has 0 radical (unpaired) electrons. The number of nitrogens with one attached hydrogen (secondary N) is 1. The van der Waals surface area contributed by atoms with E-state index in [1.807, 2.05) is 18.5 Å². The first-order valence-electron chi connectivity index (χ1n) is 12.9. The fraction of sp³-hybridized carbons (Fsp3) is 0.556. The lowest BCUT2D eigenvalue weighted by atomic mass is 9.97. The Hall–Kier alpha value is -2.53. The van der Waals surface area contributed by atoms with Gasteiger partial charge in [0.05, 0.1) is 0 Å². The third kappa shape index (κ3) is 6.00. The summed E-state index contributed by atoms with van der Waals surface area (Å²) in [5.74, 6) is 4.55. The first kappa shape index (κ1) is 25.6. The van der Waals surface area contributed by atoms with Gasteiger partial charge in [-0.05, 0) is 67.8 Å². The van der Waals surface area contributed by atoms with Crippen molar-refractivity contribution in [2.75, 3.05) is 60.8 Å². The molecule has 1 saturated heterocycles. The van der Waals surface area contributed by atoms with Crippen LogP contribution < -0.4 is 15.1 Å². The summed E-state index contributed by atoms with van der Waals surface area (Å²) in [4.78, 5) is 23.6. The Morgan fingerprint density at radius 1 is 1.09 bits per heavy atom. The second-order valence-corrected chi connectivity index (χ2v) is 12.7. The van der Waals surface area contributed by atoms with Gasteiger partial charge in [0.25, 0.3) is 0 Å². The van der Waals surface area contributed by atoms with Crippen molar-refractivity contribution in [3.63, 3.8) is 0 Å². The number of unbranched alkanes of at least 4 members (excludes halogenated alkanes) is 1. The SMILES string of the molecule is CCCCN(CC)c1nccc(Nc2cc3c(C(C)C)cnc(N4CC(CP(C)C)C4)c3cn2)n1. The molecule has 0 aliphatic carbocycles. The summed E-state index contributed by atoms with van der Waals surface area (Å²) in [7, 11) is 0.148. The van der Waals surface area contributed by atoms with E-state index in [9.17, 15) is 0 Å². The van der Waals surface area contributed by atoms with Gasteiger partial charge in [-0.3, -0.25) is 0 Å². The van der Waals surface area contributed by atoms with Crippen molar-refractivity contribution in [1.29, 1.82) is 0 Å². The lowest BCUT2D eigenvalue weighted by Crippen LogP contribution is -2.48. The van der Waals surface area contributed by atoms with Crippen molar-refractivity contribution in [3.8, 4) is 0 Å². The standard InChI is InChI=1S/C27H40N7P/c1-7-9-12-33(8-2)27-28-11-10-24(32-27)31-25-13-21-22(19(3)4)14-30-26(23(21)15-29-25)34-16-20(17-34)18-35(5)6/h10-11,13-15,19-20H,7-9,12,16-18H2,1-6H3,(H,28,29,31,32). The van der Waals surface area contributed by atoms with Crippen LogP contribution in [0.5, 0.6) is 0 Å². The number of aromatic nitrogens is 4. The van der Waals surface area contributed by atoms with Gasteiger partial charge in [-0.25, -0.2) is 15.0 Å². The molecule has 1 aliphatic heterocycles. The zero-order valence-electron chi connectivity index (χ0n) is 22.1. The Balaban J connectivity index is 1.59. The van der Waals surface area contributed by atoms with Gasteiger partial charge in [-0.15, -0.1) is 7.92 Å². The third-order valence-corrected chi connectivity index (χ3v) is 7.88. The Morgan fingerprint density at radius 2 is 1.89 bits per heavy atom. The maximum absolute atomic E-state index is 4.89. The van der Waals surface area contributed by atoms with Gasteiger partial charge in [0, 0.05) is 50.2 Å². The van der Waals surface area contributed by atoms with Gasteiger partial charge in [0.1, 0.15) is 17.5 Å². The number of hydrogen-bond acceptors (Lipinski definition) is 7. The minimum Gasteiger partial charge on any atom is -0.355 e. The molecule has 3 aromatic rings. The van der Waals surface area contributed by atoms with Gasteiger partial charge in [-0.1, -0.05) is 27.2 Å². The molecule has 0 spiro atoms. The molecule has 0 atom stereocenters. The van der Waals surface area contributed by atoms with Crippen LogP contribution in [-0.2, 0) is 0 Å². The molecule has 4 rings (SSSR count). The number of nitrogens with zero attached hydrogens (tertiary/aromatic N) is 6. The molecule has 0 bridgehead atoms. The lowest BCUT2D eigenvalue weighted by molar-refractivity contribution is 0.450. The van der Waals surface area contributed by atoms with Gasteiger partial charge in [0.15, 0.2) is 0 Å². The smallest absolute Gasteiger partial charge is 0.227 e. The monoisotopic (exact) mass is 493 g/mol. The van der Waals surface area contributed by atoms with E-state index in [1.165, 1.54) is 17.1 Å². The minimum atomic E-state index is 0.148. The zero-order valence-corrected chi connectivity index (χ0v) is 23.0. The van der Waals surface area contributed by atoms with E-state index in [2.05, 4.69) is 73.4 Å². The first-order valence-corrected chi connectivity index (χ1v) is 15.3. The molecule has 1 N–H and O–H groups in total. The summed E-state index contributed by atoms with van der Waals surface area (Å²) >= 11 is 0. The highest BCUT2D eigenvalue weighted by molar-refractivity contribution is 7.56. The van der Waals surface area contributed by atoms with Gasteiger partial charge >= 0.3 is 0 Å². The predicted octanol–water partition coefficient (Wildman–Crippen LogP) is 6.09. The fourth-order valence-electron chi connectivity index (χ4n) is 4.75. The Labute approximate surface area is 211 Å². The van der Waals surface area contributed by atoms with E-state index in [4.69, 9.17) is 15.0 Å². The van der Waals surface area contributed by atoms with Crippen molar-refractivity contribution in [1.82, 2.24) is 19.9 Å². The fourth-order valence-corrected chi connectivity index (χ4v) is 6.01. The molecule has 4 heterocycles. The van der Waals surface area contributed by atoms with Crippen LogP contribution in [-0.4, -0.2) is 65.6 Å². The molecule has 188 valence electrons. The molecule has 7 nitrogen and oxygen atoms in total. The number of fused-ring (bicyclic) bond motifs is 1. The molecule has 0 unspecified atom stereocenters. The van der Waals surface area contributed by atoms with Crippen LogP contribution in [0.2, 0.25) is 0 Å². The quantitative estimate of drug-likeness (QED) is 0.324. The highest BCUT2D eigenvalue weighted by Crippen LogP contribution is 2.38. The van der Waals surface area contributed by atoms with E-state index < -0.39 is 0 Å². The second kappa shape index (κ2) is 11.5. The normalized spacial score (nSPS) is 14.1. The molecule has 1 fully saturated rings. The summed E-state index contributed by atoms with van der Waals surface area (Å²) in [6.07, 6.45) is 9.48. The molecular weight excluding hydrogens is 453 g/mol. The molecular formula is C27H40N7P. The summed E-state index contributed by atoms with van der Waals surface area (Å²) in [5.41, 5.74) is 1.25. The zero-order chi connectivity index (χ0) is 24.9. The topological polar surface area (TPSA) is 70.1 Å². The summed E-state index contributed by atoms with van der Waals surface area (Å²) in [5, 5.41) is 5.77. The molecule has 8 heteroatoms. The Kier molecular flexibility index (Phi) is 8.38. The molecule has 1 aliphatic rings. The van der Waals surface area contributed by atoms with E-state index in [-0.39, 0.29) is 7.92 Å². The van der Waals surface area contributed by atoms with Crippen molar-refractivity contribution in [2.24, 2.45) is 5.92 Å². The van der Waals surface area contributed by atoms with Crippen molar-refractivity contribution >= 4 is 42.1 Å². The maximum Gasteiger partial charge on any atom is 0.227 e. The minimum absolute atomic E-state index is 0.148. The molecule has 0 aromatic carbocycles. The number of pyridine rings is 2. The van der Waals surface area contributed by atoms with Gasteiger partial charge < -0.3 is 15.1 Å². The Morgan fingerprint density at radius 3 is 2.57 bits per heavy atom. The summed E-state index contributed by atoms with van der Waals surface area (Å²) < 4.78 is 0. The largest absolute Gasteiger partial charge is 0.355 e. The maximum atomic E-state index is 4.89. The van der Waals surface area contributed by atoms with Crippen LogP contribution in [0.15, 0.2) is 30.7 Å². The number of hydrogen-bond donors (Lipinski definition) is 1. The van der Waals surface area contributed by atoms with Crippen LogP contribution in [0.1, 0.15) is 52.0 Å². The van der Waals surface area contributed by atoms with E-state index in [1.54, 1.807) is 0 Å². The first-order chi connectivity index (χ1) is 16.9. The number of rotatable bonds is 11. The Bertz CT molecular complexity index is 1130. The van der Waals surface area contributed by atoms with Crippen LogP contribution >= 0.6 is 7.92 Å². The van der Waals surface area contributed by atoms with Gasteiger partial charge in [0.2, 0.25) is 5.95 Å². The summed E-state index contributed by atoms with van der Waals surface area (Å²) in [6, 6.07) is 4.06. The van der Waals surface area contributed by atoms with E-state index in [0.717, 1.165) is 73.7 Å². The third-order valence-electron chi connectivity index (χ3n) is 6.63. The van der Waals surface area contributed by atoms with Crippen LogP contribution in [0, 0.1) is 5.92 Å². The molecule has 0 amide bonds. The number of anilines is 4. The highest BCUT2D eigenvalue weighted by Gasteiger charge is 2.29. The molecule has 35 heavy (non-hydrogen) atoms. The second-order valence-electron chi connectivity index (χ2n) is 10.1. The van der Waals surface area contributed by atoms with Crippen LogP contribution in [0.4, 0.5) is 23.4 Å². The van der Waals surface area contributed by atoms with Crippen LogP contribution in [0.3, 0.4) is 0 Å². The molecule has 3 aromatic heterocycles. The highest BCUT2D eigenvalue weighted by atomic mass is 31.1. The van der Waals surface area contributed by atoms with E-state index in [0.29, 0.717) is 5.92 Å². The average molecular weight is 494 g/mol. The van der Waals surface area contributed by atoms with Crippen molar-refractivity contribution in [3.05, 3.63) is 36.3 Å². The van der Waals surface area contributed by atoms with E-state index >= 15 is 0 Å². The van der Waals surface area contributed by atoms with Crippen LogP contribution in [0.25, 0.3) is 10.8 Å². The molecule has 0 saturated carbocycles. The van der Waals surface area contributed by atoms with Crippen molar-refractivity contribution < 1.29 is 0 Å². The average Bonchev–Trinajstić information content (AvgIpc) is 2.81. The predicted molar refractivity (Wildman–Crippen MR) is 151 cm³/mol. The van der Waals surface area contributed by atoms with Crippen molar-refractivity contribution in [2.45, 2.75) is 46.5 Å². The summed E-state index contributed by atoms with van der Waals surface area (Å²) in [6.45, 7) is 17.6.